The van der Waals surface area contributed by atoms with Gasteiger partial charge in [-0.25, -0.2) is 9.38 Å². The van der Waals surface area contributed by atoms with E-state index in [1.807, 2.05) is 12.1 Å². The Morgan fingerprint density at radius 1 is 1.23 bits per heavy atom. The van der Waals surface area contributed by atoms with Crippen LogP contribution in [0.15, 0.2) is 51.9 Å². The molecule has 7 nitrogen and oxygen atoms in total. The van der Waals surface area contributed by atoms with Crippen molar-refractivity contribution in [1.82, 2.24) is 15.5 Å². The predicted molar refractivity (Wildman–Crippen MR) is 161 cm³/mol. The van der Waals surface area contributed by atoms with Crippen molar-refractivity contribution in [3.63, 3.8) is 0 Å². The largest absolute Gasteiger partial charge is 0.386 e. The number of hydrogen-bond donors (Lipinski definition) is 4. The van der Waals surface area contributed by atoms with Gasteiger partial charge in [-0.1, -0.05) is 42.8 Å². The number of benzene rings is 2. The second kappa shape index (κ2) is 11.8. The highest BCUT2D eigenvalue weighted by atomic mass is 79.9. The SMILES string of the molecule is C[C@H]1[C@@H](N=C(Nc2ccc(C(=O)NCC(O)c3ccc(Br)cc3F)cc2)N2CCN[C@@H](C)C2)C[C@@H]2C[C@@H]1C2(C)C. The second-order valence-electron chi connectivity index (χ2n) is 12.4. The minimum Gasteiger partial charge on any atom is -0.386 e. The average Bonchev–Trinajstić information content (AvgIpc) is 2.92. The van der Waals surface area contributed by atoms with E-state index < -0.39 is 11.9 Å². The summed E-state index contributed by atoms with van der Waals surface area (Å²) < 4.78 is 14.7. The number of hydrogen-bond acceptors (Lipinski definition) is 4. The molecule has 1 unspecified atom stereocenters. The molecule has 6 rings (SSSR count). The standard InChI is InChI=1S/C31H41BrFN5O2/c1-18-17-38(12-11-34-18)30(37-27-14-21-13-25(19(27)2)31(21,3)4)36-23-8-5-20(6-9-23)29(40)35-16-28(39)24-10-7-22(32)15-26(24)33/h5-10,15,18-19,21,25,27-28,34,39H,11-14,16-17H2,1-4H3,(H,35,40)(H,36,37)/t18-,19+,21-,25-,27-,28?/m0/s1. The van der Waals surface area contributed by atoms with Crippen molar-refractivity contribution in [2.75, 3.05) is 31.5 Å². The van der Waals surface area contributed by atoms with Gasteiger partial charge in [0.2, 0.25) is 0 Å². The van der Waals surface area contributed by atoms with Crippen LogP contribution in [-0.4, -0.2) is 60.1 Å². The van der Waals surface area contributed by atoms with Gasteiger partial charge in [0.15, 0.2) is 5.96 Å². The number of aliphatic imine (C=N–C) groups is 1. The van der Waals surface area contributed by atoms with E-state index in [-0.39, 0.29) is 18.0 Å². The number of aliphatic hydroxyl groups is 1. The lowest BCUT2D eigenvalue weighted by Gasteiger charge is -2.61. The minimum atomic E-state index is -1.14. The Hall–Kier alpha value is -2.49. The molecule has 1 aliphatic heterocycles. The molecule has 9 heteroatoms. The van der Waals surface area contributed by atoms with Crippen LogP contribution in [0.2, 0.25) is 0 Å². The van der Waals surface area contributed by atoms with E-state index >= 15 is 0 Å². The van der Waals surface area contributed by atoms with Gasteiger partial charge in [0.05, 0.1) is 12.1 Å². The van der Waals surface area contributed by atoms with Crippen LogP contribution in [0.4, 0.5) is 10.1 Å². The van der Waals surface area contributed by atoms with Crippen LogP contribution in [0.1, 0.15) is 62.6 Å². The maximum Gasteiger partial charge on any atom is 0.251 e. The normalized spacial score (nSPS) is 28.4. The monoisotopic (exact) mass is 613 g/mol. The highest BCUT2D eigenvalue weighted by Gasteiger charge is 2.56. The summed E-state index contributed by atoms with van der Waals surface area (Å²) in [4.78, 5) is 20.4. The van der Waals surface area contributed by atoms with Gasteiger partial charge in [-0.05, 0) is 79.3 Å². The lowest BCUT2D eigenvalue weighted by atomic mass is 9.45. The fourth-order valence-corrected chi connectivity index (χ4v) is 7.11. The summed E-state index contributed by atoms with van der Waals surface area (Å²) in [6.45, 7) is 12.0. The van der Waals surface area contributed by atoms with Crippen molar-refractivity contribution >= 4 is 33.5 Å². The molecule has 6 atom stereocenters. The zero-order valence-electron chi connectivity index (χ0n) is 23.8. The Morgan fingerprint density at radius 3 is 2.62 bits per heavy atom. The molecule has 0 aromatic heterocycles. The van der Waals surface area contributed by atoms with E-state index in [1.165, 1.54) is 18.6 Å². The first-order valence-electron chi connectivity index (χ1n) is 14.4. The van der Waals surface area contributed by atoms with Gasteiger partial charge in [0.25, 0.3) is 5.91 Å². The van der Waals surface area contributed by atoms with E-state index in [2.05, 4.69) is 64.5 Å². The number of aliphatic hydroxyl groups excluding tert-OH is 1. The number of nitrogens with one attached hydrogen (secondary N) is 3. The van der Waals surface area contributed by atoms with Gasteiger partial charge in [-0.2, -0.15) is 0 Å². The number of halogens is 2. The molecule has 1 heterocycles. The summed E-state index contributed by atoms with van der Waals surface area (Å²) in [5.41, 5.74) is 1.89. The lowest BCUT2D eigenvalue weighted by molar-refractivity contribution is -0.108. The van der Waals surface area contributed by atoms with Gasteiger partial charge in [0.1, 0.15) is 5.82 Å². The topological polar surface area (TPSA) is 89.0 Å². The summed E-state index contributed by atoms with van der Waals surface area (Å²) in [5.74, 6) is 2.06. The third-order valence-electron chi connectivity index (χ3n) is 9.45. The fraction of sp³-hybridized carbons (Fsp3) is 0.548. The van der Waals surface area contributed by atoms with Gasteiger partial charge in [0, 0.05) is 53.5 Å². The molecular formula is C31H41BrFN5O2. The number of rotatable bonds is 6. The first kappa shape index (κ1) is 29.0. The molecule has 4 fully saturated rings. The molecule has 2 aromatic rings. The molecular weight excluding hydrogens is 573 g/mol. The molecule has 0 radical (unpaired) electrons. The van der Waals surface area contributed by atoms with Crippen LogP contribution in [0, 0.1) is 29.0 Å². The highest BCUT2D eigenvalue weighted by Crippen LogP contribution is 2.61. The Kier molecular flexibility index (Phi) is 8.55. The average molecular weight is 615 g/mol. The quantitative estimate of drug-likeness (QED) is 0.266. The summed E-state index contributed by atoms with van der Waals surface area (Å²) in [5, 5.41) is 20.2. The number of carbonyl (C=O) groups excluding carboxylic acids is 1. The van der Waals surface area contributed by atoms with Crippen molar-refractivity contribution in [3.05, 3.63) is 63.9 Å². The Morgan fingerprint density at radius 2 is 1.98 bits per heavy atom. The van der Waals surface area contributed by atoms with Gasteiger partial charge >= 0.3 is 0 Å². The van der Waals surface area contributed by atoms with E-state index in [1.54, 1.807) is 18.2 Å². The Bertz CT molecular complexity index is 1250. The molecule has 1 amide bonds. The number of nitrogens with zero attached hydrogens (tertiary/aromatic N) is 2. The van der Waals surface area contributed by atoms with Crippen molar-refractivity contribution < 1.29 is 14.3 Å². The first-order valence-corrected chi connectivity index (χ1v) is 15.2. The number of guanidine groups is 1. The third kappa shape index (κ3) is 6.06. The van der Waals surface area contributed by atoms with Crippen LogP contribution in [0.5, 0.6) is 0 Å². The zero-order chi connectivity index (χ0) is 28.6. The van der Waals surface area contributed by atoms with Crippen LogP contribution in [-0.2, 0) is 0 Å². The fourth-order valence-electron chi connectivity index (χ4n) is 6.77. The Labute approximate surface area is 245 Å². The summed E-state index contributed by atoms with van der Waals surface area (Å²) in [6.07, 6.45) is 1.32. The number of amides is 1. The number of anilines is 1. The maximum absolute atomic E-state index is 14.2. The minimum absolute atomic E-state index is 0.0895. The van der Waals surface area contributed by atoms with Crippen molar-refractivity contribution in [1.29, 1.82) is 0 Å². The van der Waals surface area contributed by atoms with E-state index in [4.69, 9.17) is 4.99 Å². The van der Waals surface area contributed by atoms with Gasteiger partial charge in [-0.15, -0.1) is 0 Å². The molecule has 40 heavy (non-hydrogen) atoms. The van der Waals surface area contributed by atoms with Crippen molar-refractivity contribution in [3.8, 4) is 0 Å². The van der Waals surface area contributed by atoms with Gasteiger partial charge in [-0.3, -0.25) is 4.79 Å². The molecule has 4 aliphatic rings. The number of fused-ring (bicyclic) bond motifs is 2. The van der Waals surface area contributed by atoms with Crippen molar-refractivity contribution in [2.45, 2.75) is 58.7 Å². The van der Waals surface area contributed by atoms with Crippen LogP contribution >= 0.6 is 15.9 Å². The first-order chi connectivity index (χ1) is 19.0. The van der Waals surface area contributed by atoms with Crippen LogP contribution in [0.3, 0.4) is 0 Å². The molecule has 0 spiro atoms. The molecule has 2 aromatic carbocycles. The maximum atomic E-state index is 14.2. The van der Waals surface area contributed by atoms with E-state index in [0.717, 1.165) is 49.5 Å². The predicted octanol–water partition coefficient (Wildman–Crippen LogP) is 5.18. The summed E-state index contributed by atoms with van der Waals surface area (Å²) in [7, 11) is 0. The summed E-state index contributed by atoms with van der Waals surface area (Å²) in [6, 6.07) is 12.4. The number of piperazine rings is 1. The molecule has 3 saturated carbocycles. The third-order valence-corrected chi connectivity index (χ3v) is 9.94. The lowest BCUT2D eigenvalue weighted by Crippen LogP contribution is -2.57. The highest BCUT2D eigenvalue weighted by molar-refractivity contribution is 9.10. The summed E-state index contributed by atoms with van der Waals surface area (Å²) >= 11 is 3.21. The van der Waals surface area contributed by atoms with Gasteiger partial charge < -0.3 is 26.0 Å². The Balaban J connectivity index is 1.25. The molecule has 3 aliphatic carbocycles. The van der Waals surface area contributed by atoms with Crippen molar-refractivity contribution in [2.24, 2.45) is 28.2 Å². The molecule has 216 valence electrons. The molecule has 4 N–H and O–H groups in total. The second-order valence-corrected chi connectivity index (χ2v) is 13.3. The number of carbonyl (C=O) groups is 1. The van der Waals surface area contributed by atoms with E-state index in [0.29, 0.717) is 33.5 Å². The molecule has 1 saturated heterocycles. The zero-order valence-corrected chi connectivity index (χ0v) is 25.3. The smallest absolute Gasteiger partial charge is 0.251 e. The van der Waals surface area contributed by atoms with Crippen LogP contribution in [0.25, 0.3) is 0 Å². The van der Waals surface area contributed by atoms with E-state index in [9.17, 15) is 14.3 Å². The van der Waals surface area contributed by atoms with Crippen LogP contribution < -0.4 is 16.0 Å². The molecule has 2 bridgehead atoms.